The van der Waals surface area contributed by atoms with Crippen LogP contribution in [-0.4, -0.2) is 71.7 Å². The van der Waals surface area contributed by atoms with E-state index in [1.807, 2.05) is 6.07 Å². The topological polar surface area (TPSA) is 150 Å². The molecular formula is C25H25N5O7S3. The first-order valence-electron chi connectivity index (χ1n) is 12.2. The Morgan fingerprint density at radius 3 is 2.73 bits per heavy atom. The Hall–Kier alpha value is -3.66. The van der Waals surface area contributed by atoms with Gasteiger partial charge in [-0.15, -0.1) is 11.3 Å². The highest BCUT2D eigenvalue weighted by Crippen LogP contribution is 2.34. The van der Waals surface area contributed by atoms with Crippen molar-refractivity contribution in [1.29, 1.82) is 0 Å². The van der Waals surface area contributed by atoms with E-state index in [-0.39, 0.29) is 23.4 Å². The number of ether oxygens (including phenoxy) is 3. The van der Waals surface area contributed by atoms with Crippen LogP contribution in [0.15, 0.2) is 46.7 Å². The van der Waals surface area contributed by atoms with E-state index in [0.29, 0.717) is 40.7 Å². The summed E-state index contributed by atoms with van der Waals surface area (Å²) in [5.41, 5.74) is 2.12. The van der Waals surface area contributed by atoms with Gasteiger partial charge in [-0.25, -0.2) is 13.4 Å². The van der Waals surface area contributed by atoms with Crippen LogP contribution in [-0.2, 0) is 24.3 Å². The van der Waals surface area contributed by atoms with Gasteiger partial charge in [0, 0.05) is 17.5 Å². The van der Waals surface area contributed by atoms with Crippen molar-refractivity contribution < 1.29 is 32.2 Å². The summed E-state index contributed by atoms with van der Waals surface area (Å²) in [4.78, 5) is 29.9. The number of aromatic nitrogens is 3. The van der Waals surface area contributed by atoms with Crippen molar-refractivity contribution in [1.82, 2.24) is 18.0 Å². The number of carbonyl (C=O) groups excluding carboxylic acids is 2. The second-order valence-corrected chi connectivity index (χ2v) is 12.0. The number of anilines is 1. The number of nitrogens with zero attached hydrogens (tertiary/aromatic N) is 4. The summed E-state index contributed by atoms with van der Waals surface area (Å²) in [5.74, 6) is -0.250. The lowest BCUT2D eigenvalue weighted by molar-refractivity contribution is -0.152. The molecular weight excluding hydrogens is 579 g/mol. The molecule has 0 saturated carbocycles. The maximum Gasteiger partial charge on any atom is 0.324 e. The molecule has 5 rings (SSSR count). The van der Waals surface area contributed by atoms with Crippen LogP contribution in [0.2, 0.25) is 0 Å². The Balaban J connectivity index is 1.23. The van der Waals surface area contributed by atoms with Gasteiger partial charge < -0.3 is 14.2 Å². The summed E-state index contributed by atoms with van der Waals surface area (Å²) in [6.45, 7) is -0.430. The summed E-state index contributed by atoms with van der Waals surface area (Å²) >= 11 is 2.13. The molecule has 0 radical (unpaired) electrons. The Labute approximate surface area is 238 Å². The lowest BCUT2D eigenvalue weighted by atomic mass is 10.1. The highest BCUT2D eigenvalue weighted by molar-refractivity contribution is 7.89. The fraction of sp³-hybridized carbons (Fsp3) is 0.320. The molecule has 40 heavy (non-hydrogen) atoms. The van der Waals surface area contributed by atoms with Crippen molar-refractivity contribution in [2.75, 3.05) is 32.7 Å². The number of piperidine rings is 1. The molecule has 1 unspecified atom stereocenters. The molecule has 1 saturated heterocycles. The van der Waals surface area contributed by atoms with Crippen molar-refractivity contribution in [2.45, 2.75) is 30.2 Å². The third-order valence-electron chi connectivity index (χ3n) is 6.34. The first kappa shape index (κ1) is 27.9. The lowest BCUT2D eigenvalue weighted by Gasteiger charge is -2.32. The third-order valence-corrected chi connectivity index (χ3v) is 9.58. The van der Waals surface area contributed by atoms with Crippen molar-refractivity contribution in [3.05, 3.63) is 41.8 Å². The SMILES string of the molecule is COc1ccc(-c2csc(NC(=O)COC(=O)C3CCCCN3S(=O)(=O)c3cccc4nsnc34)n2)cc1OC. The number of thiazole rings is 1. The zero-order valence-electron chi connectivity index (χ0n) is 21.5. The summed E-state index contributed by atoms with van der Waals surface area (Å²) in [6, 6.07) is 9.02. The Morgan fingerprint density at radius 2 is 1.93 bits per heavy atom. The van der Waals surface area contributed by atoms with Crippen LogP contribution < -0.4 is 14.8 Å². The van der Waals surface area contributed by atoms with Gasteiger partial charge in [-0.1, -0.05) is 6.07 Å². The Bertz CT molecular complexity index is 1650. The van der Waals surface area contributed by atoms with E-state index in [1.54, 1.807) is 36.8 Å². The molecule has 210 valence electrons. The normalized spacial score (nSPS) is 16.0. The second-order valence-electron chi connectivity index (χ2n) is 8.78. The van der Waals surface area contributed by atoms with Crippen LogP contribution >= 0.6 is 23.1 Å². The van der Waals surface area contributed by atoms with Gasteiger partial charge in [0.2, 0.25) is 10.0 Å². The van der Waals surface area contributed by atoms with Crippen LogP contribution in [0.5, 0.6) is 11.5 Å². The number of rotatable bonds is 9. The van der Waals surface area contributed by atoms with E-state index in [4.69, 9.17) is 14.2 Å². The minimum Gasteiger partial charge on any atom is -0.493 e. The fourth-order valence-electron chi connectivity index (χ4n) is 4.39. The molecule has 4 aromatic rings. The van der Waals surface area contributed by atoms with Crippen molar-refractivity contribution in [3.63, 3.8) is 0 Å². The van der Waals surface area contributed by atoms with Crippen LogP contribution in [0.3, 0.4) is 0 Å². The molecule has 1 amide bonds. The standard InChI is InChI=1S/C25H25N5O7S3/c1-35-19-10-9-15(12-20(19)36-2)17-14-38-25(26-17)27-22(31)13-37-24(32)18-7-3-4-11-30(18)40(33,34)21-8-5-6-16-23(21)29-39-28-16/h5-6,8-10,12,14,18H,3-4,7,11,13H2,1-2H3,(H,26,27,31). The monoisotopic (exact) mass is 603 g/mol. The van der Waals surface area contributed by atoms with Crippen LogP contribution in [0.4, 0.5) is 5.13 Å². The summed E-state index contributed by atoms with van der Waals surface area (Å²) in [5, 5.41) is 4.70. The molecule has 0 aliphatic carbocycles. The fourth-order valence-corrected chi connectivity index (χ4v) is 7.53. The number of hydrogen-bond donors (Lipinski definition) is 1. The summed E-state index contributed by atoms with van der Waals surface area (Å²) < 4.78 is 52.3. The average molecular weight is 604 g/mol. The van der Waals surface area contributed by atoms with Crippen LogP contribution in [0, 0.1) is 0 Å². The maximum absolute atomic E-state index is 13.5. The molecule has 2 aromatic carbocycles. The average Bonchev–Trinajstić information content (AvgIpc) is 3.65. The van der Waals surface area contributed by atoms with Gasteiger partial charge in [0.05, 0.1) is 31.6 Å². The van der Waals surface area contributed by atoms with Crippen molar-refractivity contribution in [2.24, 2.45) is 0 Å². The smallest absolute Gasteiger partial charge is 0.324 e. The minimum atomic E-state index is -4.06. The Kier molecular flexibility index (Phi) is 8.25. The summed E-state index contributed by atoms with van der Waals surface area (Å²) in [6.07, 6.45) is 1.53. The molecule has 15 heteroatoms. The third kappa shape index (κ3) is 5.63. The molecule has 12 nitrogen and oxygen atoms in total. The molecule has 2 aromatic heterocycles. The van der Waals surface area contributed by atoms with Gasteiger partial charge in [-0.05, 0) is 49.6 Å². The van der Waals surface area contributed by atoms with Gasteiger partial charge in [-0.2, -0.15) is 13.1 Å². The van der Waals surface area contributed by atoms with Crippen LogP contribution in [0.25, 0.3) is 22.3 Å². The summed E-state index contributed by atoms with van der Waals surface area (Å²) in [7, 11) is -0.976. The molecule has 1 atom stereocenters. The van der Waals surface area contributed by atoms with Gasteiger partial charge >= 0.3 is 5.97 Å². The largest absolute Gasteiger partial charge is 0.493 e. The number of methoxy groups -OCH3 is 2. The second kappa shape index (κ2) is 11.8. The first-order valence-corrected chi connectivity index (χ1v) is 15.2. The predicted molar refractivity (Wildman–Crippen MR) is 149 cm³/mol. The number of carbonyl (C=O) groups is 2. The minimum absolute atomic E-state index is 0.00903. The predicted octanol–water partition coefficient (Wildman–Crippen LogP) is 3.56. The van der Waals surface area contributed by atoms with Crippen molar-refractivity contribution in [3.8, 4) is 22.8 Å². The maximum atomic E-state index is 13.5. The number of nitrogens with one attached hydrogen (secondary N) is 1. The number of sulfonamides is 1. The molecule has 1 aliphatic heterocycles. The lowest BCUT2D eigenvalue weighted by Crippen LogP contribution is -2.48. The molecule has 1 fully saturated rings. The highest BCUT2D eigenvalue weighted by atomic mass is 32.2. The number of amides is 1. The molecule has 0 bridgehead atoms. The molecule has 1 aliphatic rings. The van der Waals surface area contributed by atoms with E-state index in [2.05, 4.69) is 19.0 Å². The number of esters is 1. The highest BCUT2D eigenvalue weighted by Gasteiger charge is 2.39. The van der Waals surface area contributed by atoms with Crippen LogP contribution in [0.1, 0.15) is 19.3 Å². The number of benzene rings is 2. The van der Waals surface area contributed by atoms with E-state index in [9.17, 15) is 18.0 Å². The van der Waals surface area contributed by atoms with Gasteiger partial charge in [0.15, 0.2) is 23.2 Å². The Morgan fingerprint density at radius 1 is 1.10 bits per heavy atom. The quantitative estimate of drug-likeness (QED) is 0.281. The number of hydrogen-bond acceptors (Lipinski definition) is 12. The van der Waals surface area contributed by atoms with E-state index >= 15 is 0 Å². The van der Waals surface area contributed by atoms with E-state index < -0.39 is 34.5 Å². The molecule has 0 spiro atoms. The van der Waals surface area contributed by atoms with Crippen molar-refractivity contribution >= 4 is 61.1 Å². The van der Waals surface area contributed by atoms with Gasteiger partial charge in [-0.3, -0.25) is 14.9 Å². The zero-order valence-corrected chi connectivity index (χ0v) is 24.0. The zero-order chi connectivity index (χ0) is 28.3. The molecule has 1 N–H and O–H groups in total. The number of fused-ring (bicyclic) bond motifs is 1. The van der Waals surface area contributed by atoms with E-state index in [1.165, 1.54) is 24.5 Å². The molecule has 3 heterocycles. The first-order chi connectivity index (χ1) is 19.3. The van der Waals surface area contributed by atoms with E-state index in [0.717, 1.165) is 21.6 Å². The van der Waals surface area contributed by atoms with Gasteiger partial charge in [0.1, 0.15) is 22.0 Å². The van der Waals surface area contributed by atoms with Gasteiger partial charge in [0.25, 0.3) is 5.91 Å².